The van der Waals surface area contributed by atoms with E-state index in [2.05, 4.69) is 29.6 Å². The van der Waals surface area contributed by atoms with E-state index in [4.69, 9.17) is 9.47 Å². The van der Waals surface area contributed by atoms with Crippen LogP contribution in [0.25, 0.3) is 11.1 Å². The highest BCUT2D eigenvalue weighted by Gasteiger charge is 2.14. The predicted molar refractivity (Wildman–Crippen MR) is 134 cm³/mol. The van der Waals surface area contributed by atoms with E-state index in [-0.39, 0.29) is 5.91 Å². The zero-order valence-electron chi connectivity index (χ0n) is 19.4. The summed E-state index contributed by atoms with van der Waals surface area (Å²) in [6.45, 7) is 4.63. The fraction of sp³-hybridized carbons (Fsp3) is 0.286. The van der Waals surface area contributed by atoms with Crippen LogP contribution < -0.4 is 14.9 Å². The van der Waals surface area contributed by atoms with Gasteiger partial charge in [0.1, 0.15) is 11.5 Å². The lowest BCUT2D eigenvalue weighted by Crippen LogP contribution is -2.33. The van der Waals surface area contributed by atoms with Gasteiger partial charge in [-0.1, -0.05) is 68.7 Å². The SMILES string of the molecule is CCCCCCOc1ccc(/C=N/NC(=O)[C@H](C)Oc2ccc(-c3ccccc3)cc2)cc1. The molecule has 0 unspecified atom stereocenters. The molecule has 0 aromatic heterocycles. The molecule has 1 atom stereocenters. The Labute approximate surface area is 196 Å². The van der Waals surface area contributed by atoms with Gasteiger partial charge >= 0.3 is 0 Å². The topological polar surface area (TPSA) is 59.9 Å². The van der Waals surface area contributed by atoms with Gasteiger partial charge in [-0.05, 0) is 66.4 Å². The maximum atomic E-state index is 12.3. The molecule has 5 heteroatoms. The molecule has 0 saturated heterocycles. The van der Waals surface area contributed by atoms with E-state index in [9.17, 15) is 4.79 Å². The summed E-state index contributed by atoms with van der Waals surface area (Å²) in [5, 5.41) is 4.04. The molecule has 0 spiro atoms. The largest absolute Gasteiger partial charge is 0.494 e. The lowest BCUT2D eigenvalue weighted by atomic mass is 10.1. The first-order valence-corrected chi connectivity index (χ1v) is 11.5. The minimum Gasteiger partial charge on any atom is -0.494 e. The van der Waals surface area contributed by atoms with Crippen LogP contribution in [0.4, 0.5) is 0 Å². The first-order chi connectivity index (χ1) is 16.2. The number of carbonyl (C=O) groups excluding carboxylic acids is 1. The summed E-state index contributed by atoms with van der Waals surface area (Å²) >= 11 is 0. The lowest BCUT2D eigenvalue weighted by Gasteiger charge is -2.13. The fourth-order valence-corrected chi connectivity index (χ4v) is 3.24. The second kappa shape index (κ2) is 13.1. The van der Waals surface area contributed by atoms with Crippen molar-refractivity contribution in [2.24, 2.45) is 5.10 Å². The summed E-state index contributed by atoms with van der Waals surface area (Å²) in [6, 6.07) is 25.4. The number of hydrazone groups is 1. The zero-order chi connectivity index (χ0) is 23.3. The summed E-state index contributed by atoms with van der Waals surface area (Å²) in [5.41, 5.74) is 5.63. The fourth-order valence-electron chi connectivity index (χ4n) is 3.24. The van der Waals surface area contributed by atoms with Gasteiger partial charge in [-0.25, -0.2) is 5.43 Å². The molecule has 3 aromatic carbocycles. The molecule has 5 nitrogen and oxygen atoms in total. The second-order valence-corrected chi connectivity index (χ2v) is 7.86. The molecule has 0 saturated carbocycles. The lowest BCUT2D eigenvalue weighted by molar-refractivity contribution is -0.127. The van der Waals surface area contributed by atoms with Crippen molar-refractivity contribution < 1.29 is 14.3 Å². The Morgan fingerprint density at radius 1 is 0.879 bits per heavy atom. The van der Waals surface area contributed by atoms with Gasteiger partial charge < -0.3 is 9.47 Å². The summed E-state index contributed by atoms with van der Waals surface area (Å²) in [7, 11) is 0. The van der Waals surface area contributed by atoms with E-state index in [0.29, 0.717) is 5.75 Å². The van der Waals surface area contributed by atoms with Crippen LogP contribution in [0, 0.1) is 0 Å². The maximum Gasteiger partial charge on any atom is 0.280 e. The van der Waals surface area contributed by atoms with Crippen LogP contribution in [-0.4, -0.2) is 24.8 Å². The Kier molecular flexibility index (Phi) is 9.52. The Morgan fingerprint density at radius 2 is 1.55 bits per heavy atom. The van der Waals surface area contributed by atoms with Crippen LogP contribution in [0.2, 0.25) is 0 Å². The Morgan fingerprint density at radius 3 is 2.24 bits per heavy atom. The van der Waals surface area contributed by atoms with Crippen LogP contribution in [0.15, 0.2) is 84.0 Å². The van der Waals surface area contributed by atoms with Gasteiger partial charge in [0.25, 0.3) is 5.91 Å². The molecule has 3 aromatic rings. The molecule has 1 N–H and O–H groups in total. The summed E-state index contributed by atoms with van der Waals surface area (Å²) in [4.78, 5) is 12.3. The number of rotatable bonds is 12. The van der Waals surface area contributed by atoms with Crippen LogP contribution in [0.5, 0.6) is 11.5 Å². The monoisotopic (exact) mass is 444 g/mol. The molecule has 33 heavy (non-hydrogen) atoms. The third-order valence-corrected chi connectivity index (χ3v) is 5.18. The van der Waals surface area contributed by atoms with Gasteiger partial charge in [0.15, 0.2) is 6.10 Å². The molecular weight excluding hydrogens is 412 g/mol. The quantitative estimate of drug-likeness (QED) is 0.205. The van der Waals surface area contributed by atoms with Crippen molar-refractivity contribution in [3.05, 3.63) is 84.4 Å². The van der Waals surface area contributed by atoms with E-state index >= 15 is 0 Å². The number of unbranched alkanes of at least 4 members (excludes halogenated alkanes) is 3. The first kappa shape index (κ1) is 24.1. The standard InChI is InChI=1S/C28H32N2O3/c1-3-4-5-9-20-32-26-16-12-23(13-17-26)21-29-30-28(31)22(2)33-27-18-14-25(15-19-27)24-10-7-6-8-11-24/h6-8,10-19,21-22H,3-5,9,20H2,1-2H3,(H,30,31)/b29-21+/t22-/m0/s1. The van der Waals surface area contributed by atoms with Gasteiger partial charge in [-0.3, -0.25) is 4.79 Å². The van der Waals surface area contributed by atoms with Crippen LogP contribution in [0.3, 0.4) is 0 Å². The van der Waals surface area contributed by atoms with Crippen LogP contribution >= 0.6 is 0 Å². The number of hydrogen-bond acceptors (Lipinski definition) is 4. The molecule has 3 rings (SSSR count). The van der Waals surface area contributed by atoms with E-state index in [1.165, 1.54) is 19.3 Å². The summed E-state index contributed by atoms with van der Waals surface area (Å²) < 4.78 is 11.5. The normalized spacial score (nSPS) is 11.8. The molecule has 0 heterocycles. The number of nitrogens with one attached hydrogen (secondary N) is 1. The van der Waals surface area contributed by atoms with Crippen molar-refractivity contribution >= 4 is 12.1 Å². The van der Waals surface area contributed by atoms with Gasteiger partial charge in [0, 0.05) is 0 Å². The van der Waals surface area contributed by atoms with Crippen molar-refractivity contribution in [3.63, 3.8) is 0 Å². The molecule has 1 amide bonds. The minimum atomic E-state index is -0.673. The van der Waals surface area contributed by atoms with Gasteiger partial charge in [0.2, 0.25) is 0 Å². The maximum absolute atomic E-state index is 12.3. The summed E-state index contributed by atoms with van der Waals surface area (Å²) in [5.74, 6) is 1.16. The molecule has 0 aliphatic heterocycles. The zero-order valence-corrected chi connectivity index (χ0v) is 19.4. The van der Waals surface area contributed by atoms with Gasteiger partial charge in [-0.15, -0.1) is 0 Å². The third kappa shape index (κ3) is 8.11. The highest BCUT2D eigenvalue weighted by molar-refractivity contribution is 5.84. The Bertz CT molecular complexity index is 1000. The van der Waals surface area contributed by atoms with Crippen LogP contribution in [0.1, 0.15) is 45.1 Å². The van der Waals surface area contributed by atoms with E-state index in [1.807, 2.05) is 66.7 Å². The Balaban J connectivity index is 1.42. The van der Waals surface area contributed by atoms with Crippen molar-refractivity contribution in [2.45, 2.75) is 45.6 Å². The highest BCUT2D eigenvalue weighted by Crippen LogP contribution is 2.22. The average Bonchev–Trinajstić information content (AvgIpc) is 2.85. The van der Waals surface area contributed by atoms with E-state index in [0.717, 1.165) is 35.5 Å². The minimum absolute atomic E-state index is 0.314. The highest BCUT2D eigenvalue weighted by atomic mass is 16.5. The molecule has 0 radical (unpaired) electrons. The molecule has 0 fully saturated rings. The first-order valence-electron chi connectivity index (χ1n) is 11.5. The number of benzene rings is 3. The predicted octanol–water partition coefficient (Wildman–Crippen LogP) is 6.23. The van der Waals surface area contributed by atoms with Crippen molar-refractivity contribution in [1.29, 1.82) is 0 Å². The Hall–Kier alpha value is -3.60. The van der Waals surface area contributed by atoms with E-state index in [1.54, 1.807) is 13.1 Å². The third-order valence-electron chi connectivity index (χ3n) is 5.18. The molecule has 172 valence electrons. The second-order valence-electron chi connectivity index (χ2n) is 7.86. The van der Waals surface area contributed by atoms with Crippen LogP contribution in [-0.2, 0) is 4.79 Å². The average molecular weight is 445 g/mol. The summed E-state index contributed by atoms with van der Waals surface area (Å²) in [6.07, 6.45) is 5.66. The van der Waals surface area contributed by atoms with Crippen molar-refractivity contribution in [2.75, 3.05) is 6.61 Å². The number of ether oxygens (including phenoxy) is 2. The number of carbonyl (C=O) groups is 1. The molecular formula is C28H32N2O3. The molecule has 0 bridgehead atoms. The number of hydrogen-bond donors (Lipinski definition) is 1. The molecule has 0 aliphatic rings. The smallest absolute Gasteiger partial charge is 0.280 e. The van der Waals surface area contributed by atoms with Gasteiger partial charge in [-0.2, -0.15) is 5.10 Å². The number of nitrogens with zero attached hydrogens (tertiary/aromatic N) is 1. The van der Waals surface area contributed by atoms with E-state index < -0.39 is 6.10 Å². The van der Waals surface area contributed by atoms with Crippen molar-refractivity contribution in [1.82, 2.24) is 5.43 Å². The van der Waals surface area contributed by atoms with Gasteiger partial charge in [0.05, 0.1) is 12.8 Å². The number of amides is 1. The molecule has 0 aliphatic carbocycles. The van der Waals surface area contributed by atoms with Crippen molar-refractivity contribution in [3.8, 4) is 22.6 Å².